The van der Waals surface area contributed by atoms with Gasteiger partial charge in [0, 0.05) is 10.9 Å². The highest BCUT2D eigenvalue weighted by molar-refractivity contribution is 6.38. The van der Waals surface area contributed by atoms with Gasteiger partial charge in [0.15, 0.2) is 0 Å². The molecule has 0 aliphatic carbocycles. The van der Waals surface area contributed by atoms with Crippen molar-refractivity contribution in [2.45, 2.75) is 0 Å². The molecule has 0 spiro atoms. The Kier molecular flexibility index (Phi) is 4.04. The number of para-hydroxylation sites is 1. The Bertz CT molecular complexity index is 795. The highest BCUT2D eigenvalue weighted by Crippen LogP contribution is 2.22. The summed E-state index contributed by atoms with van der Waals surface area (Å²) in [5, 5.41) is 6.33. The summed E-state index contributed by atoms with van der Waals surface area (Å²) in [6.07, 6.45) is 1.58. The van der Waals surface area contributed by atoms with E-state index in [9.17, 15) is 0 Å². The summed E-state index contributed by atoms with van der Waals surface area (Å²) in [5.41, 5.74) is 4.47. The lowest BCUT2D eigenvalue weighted by Gasteiger charge is -2.03. The Morgan fingerprint density at radius 2 is 1.67 bits per heavy atom. The number of nitrogens with zero attached hydrogens (tertiary/aromatic N) is 2. The standard InChI is InChI=1S/C16H11Cl2N3/c17-13-5-3-6-14(18)12(13)10-19-21-16-9-8-11-4-1-2-7-15(11)20-16/h1-10H,(H,20,21). The summed E-state index contributed by atoms with van der Waals surface area (Å²) in [6, 6.07) is 17.1. The van der Waals surface area contributed by atoms with Crippen LogP contribution in [0.4, 0.5) is 5.82 Å². The van der Waals surface area contributed by atoms with Crippen LogP contribution in [-0.2, 0) is 0 Å². The number of rotatable bonds is 3. The van der Waals surface area contributed by atoms with Crippen LogP contribution in [0.2, 0.25) is 10.0 Å². The molecule has 3 aromatic rings. The molecule has 5 heteroatoms. The molecule has 0 saturated heterocycles. The number of anilines is 1. The van der Waals surface area contributed by atoms with E-state index in [2.05, 4.69) is 15.5 Å². The first-order valence-electron chi connectivity index (χ1n) is 6.33. The van der Waals surface area contributed by atoms with Gasteiger partial charge in [-0.05, 0) is 30.3 Å². The van der Waals surface area contributed by atoms with E-state index in [0.29, 0.717) is 21.4 Å². The third kappa shape index (κ3) is 3.15. The molecule has 104 valence electrons. The molecule has 0 radical (unpaired) electrons. The van der Waals surface area contributed by atoms with Crippen LogP contribution in [0.5, 0.6) is 0 Å². The van der Waals surface area contributed by atoms with Crippen molar-refractivity contribution in [1.29, 1.82) is 0 Å². The van der Waals surface area contributed by atoms with E-state index in [4.69, 9.17) is 23.2 Å². The smallest absolute Gasteiger partial charge is 0.146 e. The van der Waals surface area contributed by atoms with E-state index in [1.54, 1.807) is 24.4 Å². The topological polar surface area (TPSA) is 37.3 Å². The molecule has 0 aliphatic heterocycles. The zero-order chi connectivity index (χ0) is 14.7. The minimum absolute atomic E-state index is 0.555. The lowest BCUT2D eigenvalue weighted by atomic mass is 10.2. The molecule has 21 heavy (non-hydrogen) atoms. The Labute approximate surface area is 132 Å². The Morgan fingerprint density at radius 3 is 2.48 bits per heavy atom. The summed E-state index contributed by atoms with van der Waals surface area (Å²) >= 11 is 12.1. The van der Waals surface area contributed by atoms with Gasteiger partial charge in [0.25, 0.3) is 0 Å². The van der Waals surface area contributed by atoms with E-state index >= 15 is 0 Å². The van der Waals surface area contributed by atoms with Crippen molar-refractivity contribution in [1.82, 2.24) is 4.98 Å². The van der Waals surface area contributed by atoms with Crippen molar-refractivity contribution in [2.24, 2.45) is 5.10 Å². The quantitative estimate of drug-likeness (QED) is 0.546. The number of fused-ring (bicyclic) bond motifs is 1. The van der Waals surface area contributed by atoms with Crippen LogP contribution in [0.15, 0.2) is 59.7 Å². The number of benzene rings is 2. The largest absolute Gasteiger partial charge is 0.261 e. The Hall–Kier alpha value is -2.10. The maximum absolute atomic E-state index is 6.07. The Morgan fingerprint density at radius 1 is 0.905 bits per heavy atom. The molecule has 1 heterocycles. The average molecular weight is 316 g/mol. The Balaban J connectivity index is 1.81. The molecule has 1 N–H and O–H groups in total. The van der Waals surface area contributed by atoms with Gasteiger partial charge >= 0.3 is 0 Å². The molecule has 0 aliphatic rings. The first kappa shape index (κ1) is 13.9. The van der Waals surface area contributed by atoms with Crippen molar-refractivity contribution in [2.75, 3.05) is 5.43 Å². The highest BCUT2D eigenvalue weighted by Gasteiger charge is 2.02. The third-order valence-corrected chi connectivity index (χ3v) is 3.63. The van der Waals surface area contributed by atoms with Gasteiger partial charge < -0.3 is 0 Å². The van der Waals surface area contributed by atoms with E-state index in [1.807, 2.05) is 36.4 Å². The van der Waals surface area contributed by atoms with E-state index in [0.717, 1.165) is 10.9 Å². The molecular formula is C16H11Cl2N3. The molecule has 0 saturated carbocycles. The number of nitrogens with one attached hydrogen (secondary N) is 1. The minimum Gasteiger partial charge on any atom is -0.261 e. The predicted molar refractivity (Wildman–Crippen MR) is 89.4 cm³/mol. The first-order valence-corrected chi connectivity index (χ1v) is 7.08. The van der Waals surface area contributed by atoms with Crippen molar-refractivity contribution < 1.29 is 0 Å². The van der Waals surface area contributed by atoms with Crippen LogP contribution in [0.3, 0.4) is 0 Å². The molecule has 3 rings (SSSR count). The number of halogens is 2. The lowest BCUT2D eigenvalue weighted by molar-refractivity contribution is 1.26. The van der Waals surface area contributed by atoms with Gasteiger partial charge in [-0.2, -0.15) is 5.10 Å². The molecular weight excluding hydrogens is 305 g/mol. The molecule has 0 atom stereocenters. The van der Waals surface area contributed by atoms with Crippen LogP contribution < -0.4 is 5.43 Å². The number of pyridine rings is 1. The number of hydrogen-bond acceptors (Lipinski definition) is 3. The second-order valence-electron chi connectivity index (χ2n) is 4.39. The molecule has 0 amide bonds. The summed E-state index contributed by atoms with van der Waals surface area (Å²) in [5.74, 6) is 0.660. The van der Waals surface area contributed by atoms with Crippen LogP contribution in [0.25, 0.3) is 10.9 Å². The minimum atomic E-state index is 0.555. The number of hydrazone groups is 1. The predicted octanol–water partition coefficient (Wildman–Crippen LogP) is 4.99. The van der Waals surface area contributed by atoms with E-state index < -0.39 is 0 Å². The second-order valence-corrected chi connectivity index (χ2v) is 5.21. The summed E-state index contributed by atoms with van der Waals surface area (Å²) in [6.45, 7) is 0. The first-order chi connectivity index (χ1) is 10.2. The van der Waals surface area contributed by atoms with Crippen molar-refractivity contribution in [3.05, 3.63) is 70.2 Å². The fourth-order valence-electron chi connectivity index (χ4n) is 1.93. The van der Waals surface area contributed by atoms with Crippen LogP contribution in [0, 0.1) is 0 Å². The van der Waals surface area contributed by atoms with Crippen LogP contribution in [-0.4, -0.2) is 11.2 Å². The van der Waals surface area contributed by atoms with Gasteiger partial charge in [0.2, 0.25) is 0 Å². The fraction of sp³-hybridized carbons (Fsp3) is 0. The van der Waals surface area contributed by atoms with Crippen molar-refractivity contribution in [3.63, 3.8) is 0 Å². The molecule has 0 bridgehead atoms. The summed E-state index contributed by atoms with van der Waals surface area (Å²) in [7, 11) is 0. The van der Waals surface area contributed by atoms with Gasteiger partial charge in [-0.15, -0.1) is 0 Å². The monoisotopic (exact) mass is 315 g/mol. The van der Waals surface area contributed by atoms with Gasteiger partial charge in [-0.25, -0.2) is 4.98 Å². The van der Waals surface area contributed by atoms with E-state index in [-0.39, 0.29) is 0 Å². The molecule has 2 aromatic carbocycles. The molecule has 0 unspecified atom stereocenters. The van der Waals surface area contributed by atoms with Crippen LogP contribution >= 0.6 is 23.2 Å². The average Bonchev–Trinajstić information content (AvgIpc) is 2.50. The van der Waals surface area contributed by atoms with Gasteiger partial charge in [-0.1, -0.05) is 47.5 Å². The zero-order valence-electron chi connectivity index (χ0n) is 10.9. The summed E-state index contributed by atoms with van der Waals surface area (Å²) < 4.78 is 0. The highest BCUT2D eigenvalue weighted by atomic mass is 35.5. The molecule has 0 fully saturated rings. The SMILES string of the molecule is Clc1cccc(Cl)c1C=NNc1ccc2ccccc2n1. The molecule has 3 nitrogen and oxygen atoms in total. The number of aromatic nitrogens is 1. The number of hydrogen-bond donors (Lipinski definition) is 1. The lowest BCUT2D eigenvalue weighted by Crippen LogP contribution is -1.94. The van der Waals surface area contributed by atoms with Gasteiger partial charge in [0.05, 0.1) is 21.8 Å². The van der Waals surface area contributed by atoms with E-state index in [1.165, 1.54) is 0 Å². The fourth-order valence-corrected chi connectivity index (χ4v) is 2.42. The third-order valence-electron chi connectivity index (χ3n) is 2.97. The van der Waals surface area contributed by atoms with Crippen molar-refractivity contribution in [3.8, 4) is 0 Å². The summed E-state index contributed by atoms with van der Waals surface area (Å²) in [4.78, 5) is 4.46. The van der Waals surface area contributed by atoms with Gasteiger partial charge in [0.1, 0.15) is 5.82 Å². The second kappa shape index (κ2) is 6.12. The van der Waals surface area contributed by atoms with Gasteiger partial charge in [-0.3, -0.25) is 5.43 Å². The van der Waals surface area contributed by atoms with Crippen molar-refractivity contribution >= 4 is 46.1 Å². The maximum atomic E-state index is 6.07. The maximum Gasteiger partial charge on any atom is 0.146 e. The normalized spacial score (nSPS) is 11.1. The zero-order valence-corrected chi connectivity index (χ0v) is 12.4. The molecule has 1 aromatic heterocycles. The van der Waals surface area contributed by atoms with Crippen LogP contribution in [0.1, 0.15) is 5.56 Å².